The maximum Gasteiger partial charge on any atom is 0.119 e. The van der Waals surface area contributed by atoms with Crippen molar-refractivity contribution < 1.29 is 24.1 Å². The van der Waals surface area contributed by atoms with Crippen LogP contribution in [0.25, 0.3) is 0 Å². The van der Waals surface area contributed by atoms with E-state index in [1.54, 1.807) is 14.2 Å². The van der Waals surface area contributed by atoms with E-state index < -0.39 is 0 Å². The third-order valence-corrected chi connectivity index (χ3v) is 5.56. The largest absolute Gasteiger partial charge is 0.497 e. The lowest BCUT2D eigenvalue weighted by molar-refractivity contribution is 0.106. The molecule has 0 aromatic heterocycles. The molecule has 1 N–H and O–H groups in total. The first-order valence-corrected chi connectivity index (χ1v) is 11.3. The van der Waals surface area contributed by atoms with Gasteiger partial charge in [-0.05, 0) is 61.4 Å². The van der Waals surface area contributed by atoms with Crippen molar-refractivity contribution in [3.05, 3.63) is 48.5 Å². The molecule has 0 unspecified atom stereocenters. The van der Waals surface area contributed by atoms with Crippen LogP contribution in [-0.4, -0.2) is 87.7 Å². The van der Waals surface area contributed by atoms with Crippen LogP contribution in [-0.2, 0) is 0 Å². The third-order valence-electron chi connectivity index (χ3n) is 5.56. The number of nitrogens with zero attached hydrogens (tertiary/aromatic N) is 2. The highest BCUT2D eigenvalue weighted by Crippen LogP contribution is 2.18. The van der Waals surface area contributed by atoms with Gasteiger partial charge in [0, 0.05) is 39.3 Å². The number of aliphatic hydroxyl groups excluding tert-OH is 1. The van der Waals surface area contributed by atoms with Crippen LogP contribution in [0.2, 0.25) is 0 Å². The van der Waals surface area contributed by atoms with Gasteiger partial charge < -0.3 is 24.1 Å². The maximum atomic E-state index is 10.4. The highest BCUT2D eigenvalue weighted by atomic mass is 16.5. The monoisotopic (exact) mass is 444 g/mol. The van der Waals surface area contributed by atoms with Gasteiger partial charge in [-0.25, -0.2) is 0 Å². The smallest absolute Gasteiger partial charge is 0.119 e. The third kappa shape index (κ3) is 8.22. The van der Waals surface area contributed by atoms with E-state index in [2.05, 4.69) is 9.80 Å². The predicted octanol–water partition coefficient (Wildman–Crippen LogP) is 2.92. The van der Waals surface area contributed by atoms with Gasteiger partial charge >= 0.3 is 0 Å². The van der Waals surface area contributed by atoms with E-state index in [1.807, 2.05) is 48.5 Å². The lowest BCUT2D eigenvalue weighted by atomic mass is 10.3. The van der Waals surface area contributed by atoms with Crippen LogP contribution in [0.4, 0.5) is 0 Å². The lowest BCUT2D eigenvalue weighted by Crippen LogP contribution is -2.34. The van der Waals surface area contributed by atoms with Crippen molar-refractivity contribution in [2.45, 2.75) is 18.9 Å². The summed E-state index contributed by atoms with van der Waals surface area (Å²) in [4.78, 5) is 4.66. The SMILES string of the molecule is COc1ccc(OCCCN2CCN(CCCOc3ccc(OC)cc3)CC(O)C2)cc1. The Morgan fingerprint density at radius 2 is 1.06 bits per heavy atom. The summed E-state index contributed by atoms with van der Waals surface area (Å²) in [6.45, 7) is 6.49. The van der Waals surface area contributed by atoms with Crippen molar-refractivity contribution in [2.24, 2.45) is 0 Å². The summed E-state index contributed by atoms with van der Waals surface area (Å²) in [6.07, 6.45) is 1.52. The second kappa shape index (κ2) is 13.2. The summed E-state index contributed by atoms with van der Waals surface area (Å²) < 4.78 is 22.0. The lowest BCUT2D eigenvalue weighted by Gasteiger charge is -2.21. The second-order valence-electron chi connectivity index (χ2n) is 8.01. The predicted molar refractivity (Wildman–Crippen MR) is 125 cm³/mol. The van der Waals surface area contributed by atoms with E-state index in [0.29, 0.717) is 26.3 Å². The molecule has 0 radical (unpaired) electrons. The molecule has 0 saturated carbocycles. The molecule has 0 atom stereocenters. The van der Waals surface area contributed by atoms with Crippen LogP contribution in [0.15, 0.2) is 48.5 Å². The Morgan fingerprint density at radius 3 is 1.44 bits per heavy atom. The minimum absolute atomic E-state index is 0.331. The van der Waals surface area contributed by atoms with Gasteiger partial charge in [0.25, 0.3) is 0 Å². The van der Waals surface area contributed by atoms with E-state index >= 15 is 0 Å². The number of benzene rings is 2. The molecule has 176 valence electrons. The Balaban J connectivity index is 1.30. The first-order valence-electron chi connectivity index (χ1n) is 11.3. The van der Waals surface area contributed by atoms with Crippen LogP contribution < -0.4 is 18.9 Å². The van der Waals surface area contributed by atoms with E-state index in [0.717, 1.165) is 62.0 Å². The van der Waals surface area contributed by atoms with E-state index in [9.17, 15) is 5.11 Å². The zero-order chi connectivity index (χ0) is 22.6. The molecule has 2 aromatic carbocycles. The minimum Gasteiger partial charge on any atom is -0.497 e. The van der Waals surface area contributed by atoms with Gasteiger partial charge in [-0.2, -0.15) is 0 Å². The summed E-state index contributed by atoms with van der Waals surface area (Å²) in [5, 5.41) is 10.4. The fourth-order valence-electron chi connectivity index (χ4n) is 3.83. The number of hydrogen-bond donors (Lipinski definition) is 1. The topological polar surface area (TPSA) is 63.6 Å². The molecule has 2 aromatic rings. The van der Waals surface area contributed by atoms with Crippen LogP contribution in [0, 0.1) is 0 Å². The molecule has 0 spiro atoms. The molecule has 1 heterocycles. The summed E-state index contributed by atoms with van der Waals surface area (Å²) in [5.41, 5.74) is 0. The average Bonchev–Trinajstić information content (AvgIpc) is 3.01. The Labute approximate surface area is 191 Å². The normalized spacial score (nSPS) is 15.8. The maximum absolute atomic E-state index is 10.4. The highest BCUT2D eigenvalue weighted by molar-refractivity contribution is 5.31. The van der Waals surface area contributed by atoms with Gasteiger partial charge in [0.05, 0.1) is 33.5 Å². The molecule has 0 aliphatic carbocycles. The summed E-state index contributed by atoms with van der Waals surface area (Å²) >= 11 is 0. The summed E-state index contributed by atoms with van der Waals surface area (Å²) in [6, 6.07) is 15.3. The molecule has 7 heteroatoms. The van der Waals surface area contributed by atoms with Crippen molar-refractivity contribution in [2.75, 3.05) is 66.7 Å². The van der Waals surface area contributed by atoms with Crippen molar-refractivity contribution in [1.29, 1.82) is 0 Å². The Kier molecular flexibility index (Phi) is 9.94. The van der Waals surface area contributed by atoms with Gasteiger partial charge in [0.2, 0.25) is 0 Å². The Hall–Kier alpha value is -2.48. The van der Waals surface area contributed by atoms with Crippen LogP contribution >= 0.6 is 0 Å². The minimum atomic E-state index is -0.331. The molecule has 1 aliphatic rings. The van der Waals surface area contributed by atoms with Crippen molar-refractivity contribution in [3.63, 3.8) is 0 Å². The van der Waals surface area contributed by atoms with Gasteiger partial charge in [0.1, 0.15) is 23.0 Å². The summed E-state index contributed by atoms with van der Waals surface area (Å²) in [5.74, 6) is 3.36. The van der Waals surface area contributed by atoms with Crippen molar-refractivity contribution in [1.82, 2.24) is 9.80 Å². The van der Waals surface area contributed by atoms with Gasteiger partial charge in [-0.3, -0.25) is 9.80 Å². The average molecular weight is 445 g/mol. The van der Waals surface area contributed by atoms with Gasteiger partial charge in [0.15, 0.2) is 0 Å². The molecule has 7 nitrogen and oxygen atoms in total. The number of methoxy groups -OCH3 is 2. The number of hydrogen-bond acceptors (Lipinski definition) is 7. The van der Waals surface area contributed by atoms with Crippen LogP contribution in [0.1, 0.15) is 12.8 Å². The molecular weight excluding hydrogens is 408 g/mol. The quantitative estimate of drug-likeness (QED) is 0.505. The van der Waals surface area contributed by atoms with Crippen molar-refractivity contribution in [3.8, 4) is 23.0 Å². The van der Waals surface area contributed by atoms with Crippen LogP contribution in [0.5, 0.6) is 23.0 Å². The molecule has 0 bridgehead atoms. The first kappa shape index (κ1) is 24.2. The van der Waals surface area contributed by atoms with E-state index in [1.165, 1.54) is 0 Å². The number of rotatable bonds is 12. The molecule has 1 aliphatic heterocycles. The number of aliphatic hydroxyl groups is 1. The number of ether oxygens (including phenoxy) is 4. The molecular formula is C25H36N2O5. The fraction of sp³-hybridized carbons (Fsp3) is 0.520. The molecule has 32 heavy (non-hydrogen) atoms. The standard InChI is InChI=1S/C25H36N2O5/c1-29-22-5-9-24(10-6-22)31-17-3-13-26-15-16-27(20-21(28)19-26)14-4-18-32-25-11-7-23(30-2)8-12-25/h5-12,21,28H,3-4,13-20H2,1-2H3. The number of β-amino-alcohol motifs (C(OH)–C–C–N with tert-alkyl or cyclic N) is 1. The van der Waals surface area contributed by atoms with Gasteiger partial charge in [-0.1, -0.05) is 0 Å². The Morgan fingerprint density at radius 1 is 0.688 bits per heavy atom. The fourth-order valence-corrected chi connectivity index (χ4v) is 3.83. The second-order valence-corrected chi connectivity index (χ2v) is 8.01. The van der Waals surface area contributed by atoms with Gasteiger partial charge in [-0.15, -0.1) is 0 Å². The summed E-state index contributed by atoms with van der Waals surface area (Å²) in [7, 11) is 3.31. The first-order chi connectivity index (χ1) is 15.7. The zero-order valence-corrected chi connectivity index (χ0v) is 19.2. The van der Waals surface area contributed by atoms with Crippen LogP contribution in [0.3, 0.4) is 0 Å². The molecule has 3 rings (SSSR count). The van der Waals surface area contributed by atoms with Crippen molar-refractivity contribution >= 4 is 0 Å². The highest BCUT2D eigenvalue weighted by Gasteiger charge is 2.20. The molecule has 1 fully saturated rings. The molecule has 0 amide bonds. The Bertz CT molecular complexity index is 703. The van der Waals surface area contributed by atoms with E-state index in [4.69, 9.17) is 18.9 Å². The molecule has 1 saturated heterocycles. The van der Waals surface area contributed by atoms with E-state index in [-0.39, 0.29) is 6.10 Å². The zero-order valence-electron chi connectivity index (χ0n) is 19.2.